The second-order valence-corrected chi connectivity index (χ2v) is 4.83. The molecule has 0 heterocycles. The van der Waals surface area contributed by atoms with E-state index in [2.05, 4.69) is 0 Å². The zero-order chi connectivity index (χ0) is 15.1. The highest BCUT2D eigenvalue weighted by Crippen LogP contribution is 2.20. The fraction of sp³-hybridized carbons (Fsp3) is 0.467. The number of nitrogens with zero attached hydrogens (tertiary/aromatic N) is 1. The molecule has 1 rings (SSSR count). The summed E-state index contributed by atoms with van der Waals surface area (Å²) in [5, 5.41) is 8.52. The maximum Gasteiger partial charge on any atom is 0.303 e. The average molecular weight is 281 g/mol. The Morgan fingerprint density at radius 3 is 2.30 bits per heavy atom. The number of hydrogen-bond acceptors (Lipinski definition) is 2. The van der Waals surface area contributed by atoms with Gasteiger partial charge < -0.3 is 10.0 Å². The van der Waals surface area contributed by atoms with Gasteiger partial charge in [-0.05, 0) is 37.5 Å². The van der Waals surface area contributed by atoms with Crippen LogP contribution in [0.2, 0.25) is 0 Å². The van der Waals surface area contributed by atoms with Crippen LogP contribution in [0.15, 0.2) is 24.3 Å². The molecule has 1 unspecified atom stereocenters. The highest BCUT2D eigenvalue weighted by molar-refractivity contribution is 5.76. The molecule has 4 nitrogen and oxygen atoms in total. The number of carboxylic acid groups (broad SMARTS) is 1. The van der Waals surface area contributed by atoms with Gasteiger partial charge in [0.1, 0.15) is 5.82 Å². The third-order valence-electron chi connectivity index (χ3n) is 3.36. The van der Waals surface area contributed by atoms with Gasteiger partial charge in [-0.25, -0.2) is 4.39 Å². The lowest BCUT2D eigenvalue weighted by molar-refractivity contribution is -0.137. The van der Waals surface area contributed by atoms with Gasteiger partial charge in [0.25, 0.3) is 0 Å². The molecular weight excluding hydrogens is 261 g/mol. The Labute approximate surface area is 118 Å². The van der Waals surface area contributed by atoms with E-state index in [0.29, 0.717) is 19.3 Å². The van der Waals surface area contributed by atoms with Gasteiger partial charge in [-0.2, -0.15) is 0 Å². The third-order valence-corrected chi connectivity index (χ3v) is 3.36. The van der Waals surface area contributed by atoms with Crippen molar-refractivity contribution in [3.05, 3.63) is 35.6 Å². The standard InChI is InChI=1S/C15H20FNO3/c1-11(12-7-9-13(16)10-8-12)17(2)14(18)5-3-4-6-15(19)20/h7-11H,3-6H2,1-2H3,(H,19,20). The molecule has 0 saturated heterocycles. The Morgan fingerprint density at radius 1 is 1.20 bits per heavy atom. The molecular formula is C15H20FNO3. The number of carbonyl (C=O) groups excluding carboxylic acids is 1. The van der Waals surface area contributed by atoms with E-state index in [-0.39, 0.29) is 24.2 Å². The van der Waals surface area contributed by atoms with Gasteiger partial charge >= 0.3 is 5.97 Å². The third kappa shape index (κ3) is 4.99. The molecule has 1 atom stereocenters. The number of aliphatic carboxylic acids is 1. The van der Waals surface area contributed by atoms with E-state index in [9.17, 15) is 14.0 Å². The van der Waals surface area contributed by atoms with E-state index in [1.807, 2.05) is 6.92 Å². The van der Waals surface area contributed by atoms with Crippen molar-refractivity contribution in [3.8, 4) is 0 Å². The van der Waals surface area contributed by atoms with Gasteiger partial charge in [-0.3, -0.25) is 9.59 Å². The van der Waals surface area contributed by atoms with Gasteiger partial charge in [0.05, 0.1) is 6.04 Å². The van der Waals surface area contributed by atoms with Crippen molar-refractivity contribution < 1.29 is 19.1 Å². The summed E-state index contributed by atoms with van der Waals surface area (Å²) in [7, 11) is 1.70. The number of rotatable bonds is 7. The zero-order valence-electron chi connectivity index (χ0n) is 11.8. The Hall–Kier alpha value is -1.91. The molecule has 0 fully saturated rings. The van der Waals surface area contributed by atoms with E-state index in [1.54, 1.807) is 24.1 Å². The van der Waals surface area contributed by atoms with Crippen molar-refractivity contribution in [2.75, 3.05) is 7.05 Å². The number of amides is 1. The van der Waals surface area contributed by atoms with Crippen molar-refractivity contribution >= 4 is 11.9 Å². The van der Waals surface area contributed by atoms with Crippen LogP contribution in [-0.2, 0) is 9.59 Å². The molecule has 110 valence electrons. The molecule has 0 aliphatic heterocycles. The van der Waals surface area contributed by atoms with Crippen molar-refractivity contribution in [1.82, 2.24) is 4.90 Å². The van der Waals surface area contributed by atoms with Crippen LogP contribution in [-0.4, -0.2) is 28.9 Å². The van der Waals surface area contributed by atoms with Crippen LogP contribution in [0.5, 0.6) is 0 Å². The van der Waals surface area contributed by atoms with Crippen molar-refractivity contribution in [1.29, 1.82) is 0 Å². The number of hydrogen-bond donors (Lipinski definition) is 1. The highest BCUT2D eigenvalue weighted by Gasteiger charge is 2.17. The number of unbranched alkanes of at least 4 members (excludes halogenated alkanes) is 1. The van der Waals surface area contributed by atoms with E-state index in [4.69, 9.17) is 5.11 Å². The minimum absolute atomic E-state index is 0.0350. The molecule has 1 N–H and O–H groups in total. The Bertz CT molecular complexity index is 459. The second kappa shape index (κ2) is 7.62. The molecule has 5 heteroatoms. The van der Waals surface area contributed by atoms with Crippen LogP contribution in [0.25, 0.3) is 0 Å². The second-order valence-electron chi connectivity index (χ2n) is 4.83. The van der Waals surface area contributed by atoms with Crippen molar-refractivity contribution in [2.24, 2.45) is 0 Å². The minimum atomic E-state index is -0.842. The first-order chi connectivity index (χ1) is 9.41. The Balaban J connectivity index is 2.47. The number of halogens is 1. The number of benzene rings is 1. The van der Waals surface area contributed by atoms with Crippen LogP contribution in [0.1, 0.15) is 44.2 Å². The summed E-state index contributed by atoms with van der Waals surface area (Å²) in [6.07, 6.45) is 1.48. The number of carbonyl (C=O) groups is 2. The fourth-order valence-electron chi connectivity index (χ4n) is 1.91. The molecule has 0 aromatic heterocycles. The maximum absolute atomic E-state index is 12.9. The lowest BCUT2D eigenvalue weighted by Crippen LogP contribution is -2.29. The molecule has 0 saturated carbocycles. The van der Waals surface area contributed by atoms with Gasteiger partial charge in [0.2, 0.25) is 5.91 Å². The van der Waals surface area contributed by atoms with E-state index >= 15 is 0 Å². The summed E-state index contributed by atoms with van der Waals surface area (Å²) < 4.78 is 12.9. The van der Waals surface area contributed by atoms with Crippen molar-refractivity contribution in [3.63, 3.8) is 0 Å². The Kier molecular flexibility index (Phi) is 6.15. The SMILES string of the molecule is CC(c1ccc(F)cc1)N(C)C(=O)CCCCC(=O)O. The van der Waals surface area contributed by atoms with E-state index in [1.165, 1.54) is 12.1 Å². The van der Waals surface area contributed by atoms with Gasteiger partial charge in [0.15, 0.2) is 0 Å². The lowest BCUT2D eigenvalue weighted by Gasteiger charge is -2.25. The van der Waals surface area contributed by atoms with Crippen LogP contribution >= 0.6 is 0 Å². The van der Waals surface area contributed by atoms with Crippen LogP contribution in [0, 0.1) is 5.82 Å². The molecule has 1 aromatic rings. The normalized spacial score (nSPS) is 11.9. The highest BCUT2D eigenvalue weighted by atomic mass is 19.1. The lowest BCUT2D eigenvalue weighted by atomic mass is 10.1. The van der Waals surface area contributed by atoms with Crippen LogP contribution < -0.4 is 0 Å². The summed E-state index contributed by atoms with van der Waals surface area (Å²) in [6, 6.07) is 5.93. The first-order valence-electron chi connectivity index (χ1n) is 6.64. The van der Waals surface area contributed by atoms with Gasteiger partial charge in [0, 0.05) is 19.9 Å². The summed E-state index contributed by atoms with van der Waals surface area (Å²) >= 11 is 0. The first-order valence-corrected chi connectivity index (χ1v) is 6.64. The summed E-state index contributed by atoms with van der Waals surface area (Å²) in [6.45, 7) is 1.88. The average Bonchev–Trinajstić information content (AvgIpc) is 2.42. The molecule has 20 heavy (non-hydrogen) atoms. The fourth-order valence-corrected chi connectivity index (χ4v) is 1.91. The summed E-state index contributed by atoms with van der Waals surface area (Å²) in [4.78, 5) is 24.0. The minimum Gasteiger partial charge on any atom is -0.481 e. The topological polar surface area (TPSA) is 57.6 Å². The molecule has 0 aliphatic carbocycles. The molecule has 1 aromatic carbocycles. The van der Waals surface area contributed by atoms with E-state index < -0.39 is 5.97 Å². The maximum atomic E-state index is 12.9. The predicted molar refractivity (Wildman–Crippen MR) is 73.7 cm³/mol. The monoisotopic (exact) mass is 281 g/mol. The predicted octanol–water partition coefficient (Wildman–Crippen LogP) is 2.99. The van der Waals surface area contributed by atoms with Gasteiger partial charge in [-0.15, -0.1) is 0 Å². The van der Waals surface area contributed by atoms with Gasteiger partial charge in [-0.1, -0.05) is 12.1 Å². The van der Waals surface area contributed by atoms with E-state index in [0.717, 1.165) is 5.56 Å². The zero-order valence-corrected chi connectivity index (χ0v) is 11.8. The Morgan fingerprint density at radius 2 is 1.75 bits per heavy atom. The van der Waals surface area contributed by atoms with Crippen LogP contribution in [0.3, 0.4) is 0 Å². The molecule has 0 bridgehead atoms. The quantitative estimate of drug-likeness (QED) is 0.782. The largest absolute Gasteiger partial charge is 0.481 e. The molecule has 0 spiro atoms. The molecule has 0 aliphatic rings. The van der Waals surface area contributed by atoms with Crippen LogP contribution in [0.4, 0.5) is 4.39 Å². The van der Waals surface area contributed by atoms with Crippen molar-refractivity contribution in [2.45, 2.75) is 38.6 Å². The molecule has 1 amide bonds. The first kappa shape index (κ1) is 16.1. The smallest absolute Gasteiger partial charge is 0.303 e. The summed E-state index contributed by atoms with van der Waals surface area (Å²) in [5.41, 5.74) is 0.868. The molecule has 0 radical (unpaired) electrons. The summed E-state index contributed by atoms with van der Waals surface area (Å²) in [5.74, 6) is -1.18. The number of carboxylic acids is 1.